The number of hydrogen-bond donors (Lipinski definition) is 1. The second-order valence-electron chi connectivity index (χ2n) is 3.19. The summed E-state index contributed by atoms with van der Waals surface area (Å²) in [5, 5.41) is 2.87. The first kappa shape index (κ1) is 8.74. The normalized spacial score (nSPS) is 24.3. The van der Waals surface area contributed by atoms with Gasteiger partial charge in [-0.2, -0.15) is 0 Å². The van der Waals surface area contributed by atoms with Gasteiger partial charge in [-0.1, -0.05) is 0 Å². The van der Waals surface area contributed by atoms with Crippen molar-refractivity contribution in [2.75, 3.05) is 6.61 Å². The minimum atomic E-state index is -0.898. The van der Waals surface area contributed by atoms with E-state index in [2.05, 4.69) is 18.4 Å². The van der Waals surface area contributed by atoms with Gasteiger partial charge in [-0.15, -0.1) is 0 Å². The Balaban J connectivity index is 2.13. The first-order chi connectivity index (χ1) is 5.18. The van der Waals surface area contributed by atoms with Crippen LogP contribution in [0.1, 0.15) is 12.8 Å². The van der Waals surface area contributed by atoms with Gasteiger partial charge in [0, 0.05) is 6.42 Å². The van der Waals surface area contributed by atoms with E-state index in [1.807, 2.05) is 0 Å². The quantitative estimate of drug-likeness (QED) is 0.622. The lowest BCUT2D eigenvalue weighted by atomic mass is 10.2. The largest absolute Gasteiger partial charge is 0.418 e. The Bertz CT molecular complexity index is 149. The van der Waals surface area contributed by atoms with Crippen LogP contribution in [0.4, 0.5) is 0 Å². The molecule has 0 bridgehead atoms. The molecule has 0 spiro atoms. The third-order valence-electron chi connectivity index (χ3n) is 1.72. The van der Waals surface area contributed by atoms with E-state index in [9.17, 15) is 4.79 Å². The first-order valence-corrected chi connectivity index (χ1v) is 6.87. The van der Waals surface area contributed by atoms with Crippen LogP contribution in [0, 0.1) is 0 Å². The van der Waals surface area contributed by atoms with Crippen molar-refractivity contribution in [3.8, 4) is 0 Å². The van der Waals surface area contributed by atoms with Gasteiger partial charge in [0.2, 0.25) is 5.91 Å². The average Bonchev–Trinajstić information content (AvgIpc) is 2.31. The Morgan fingerprint density at radius 3 is 2.91 bits per heavy atom. The van der Waals surface area contributed by atoms with E-state index in [4.69, 9.17) is 4.43 Å². The highest BCUT2D eigenvalue weighted by Crippen LogP contribution is 2.06. The molecule has 1 N–H and O–H groups in total. The smallest absolute Gasteiger partial charge is 0.220 e. The summed E-state index contributed by atoms with van der Waals surface area (Å²) in [6.45, 7) is 4.99. The third kappa shape index (κ3) is 3.03. The van der Waals surface area contributed by atoms with Crippen LogP contribution in [0.25, 0.3) is 0 Å². The average molecular weight is 173 g/mol. The molecule has 1 atom stereocenters. The van der Waals surface area contributed by atoms with Gasteiger partial charge >= 0.3 is 0 Å². The summed E-state index contributed by atoms with van der Waals surface area (Å²) in [6, 6.07) is 0.289. The van der Waals surface area contributed by atoms with Gasteiger partial charge in [0.15, 0.2) is 9.04 Å². The molecule has 0 unspecified atom stereocenters. The van der Waals surface area contributed by atoms with Crippen LogP contribution in [-0.4, -0.2) is 27.6 Å². The molecular formula is C7H15NO2Si. The van der Waals surface area contributed by atoms with Crippen LogP contribution in [0.15, 0.2) is 0 Å². The second-order valence-corrected chi connectivity index (χ2v) is 5.62. The summed E-state index contributed by atoms with van der Waals surface area (Å²) in [5.41, 5.74) is 0. The Labute approximate surface area is 68.8 Å². The summed E-state index contributed by atoms with van der Waals surface area (Å²) < 4.78 is 5.50. The number of rotatable bonds is 3. The predicted octanol–water partition coefficient (Wildman–Crippen LogP) is 0.265. The van der Waals surface area contributed by atoms with Gasteiger partial charge in [0.1, 0.15) is 0 Å². The van der Waals surface area contributed by atoms with Gasteiger partial charge in [-0.05, 0) is 19.5 Å². The number of carbonyl (C=O) groups is 1. The molecule has 1 amide bonds. The van der Waals surface area contributed by atoms with E-state index in [1.165, 1.54) is 0 Å². The van der Waals surface area contributed by atoms with Crippen molar-refractivity contribution in [2.24, 2.45) is 0 Å². The van der Waals surface area contributed by atoms with Crippen molar-refractivity contribution in [3.63, 3.8) is 0 Å². The third-order valence-corrected chi connectivity index (χ3v) is 2.57. The van der Waals surface area contributed by atoms with Crippen LogP contribution in [-0.2, 0) is 9.22 Å². The van der Waals surface area contributed by atoms with Crippen molar-refractivity contribution in [2.45, 2.75) is 32.0 Å². The van der Waals surface area contributed by atoms with Crippen LogP contribution >= 0.6 is 0 Å². The van der Waals surface area contributed by atoms with Crippen LogP contribution in [0.5, 0.6) is 0 Å². The summed E-state index contributed by atoms with van der Waals surface area (Å²) in [6.07, 6.45) is 1.62. The standard InChI is InChI=1S/C7H15NO2Si/c1-11(2)10-5-6-3-4-7(9)8-6/h6,11H,3-5H2,1-2H3,(H,8,9)/t6-/m1/s1. The fourth-order valence-corrected chi connectivity index (χ4v) is 1.73. The molecule has 1 aliphatic rings. The molecule has 0 aliphatic carbocycles. The molecule has 1 saturated heterocycles. The molecule has 3 nitrogen and oxygen atoms in total. The zero-order chi connectivity index (χ0) is 8.27. The fraction of sp³-hybridized carbons (Fsp3) is 0.857. The van der Waals surface area contributed by atoms with Crippen LogP contribution < -0.4 is 5.32 Å². The molecule has 0 saturated carbocycles. The van der Waals surface area contributed by atoms with Crippen LogP contribution in [0.3, 0.4) is 0 Å². The van der Waals surface area contributed by atoms with Gasteiger partial charge in [-0.25, -0.2) is 0 Å². The maximum absolute atomic E-state index is 10.7. The van der Waals surface area contributed by atoms with Gasteiger partial charge in [-0.3, -0.25) is 4.79 Å². The summed E-state index contributed by atoms with van der Waals surface area (Å²) >= 11 is 0. The summed E-state index contributed by atoms with van der Waals surface area (Å²) in [7, 11) is -0.898. The minimum Gasteiger partial charge on any atom is -0.418 e. The highest BCUT2D eigenvalue weighted by atomic mass is 28.3. The van der Waals surface area contributed by atoms with Gasteiger partial charge in [0.25, 0.3) is 0 Å². The fourth-order valence-electron chi connectivity index (χ4n) is 1.11. The maximum atomic E-state index is 10.7. The molecule has 1 rings (SSSR count). The van der Waals surface area contributed by atoms with E-state index < -0.39 is 9.04 Å². The van der Waals surface area contributed by atoms with E-state index in [0.29, 0.717) is 6.42 Å². The molecule has 1 aliphatic heterocycles. The SMILES string of the molecule is C[SiH](C)OC[C@H]1CCC(=O)N1. The topological polar surface area (TPSA) is 38.3 Å². The highest BCUT2D eigenvalue weighted by molar-refractivity contribution is 6.48. The van der Waals surface area contributed by atoms with E-state index in [1.54, 1.807) is 0 Å². The summed E-state index contributed by atoms with van der Waals surface area (Å²) in [4.78, 5) is 10.7. The lowest BCUT2D eigenvalue weighted by Gasteiger charge is -2.12. The highest BCUT2D eigenvalue weighted by Gasteiger charge is 2.20. The molecule has 0 aromatic heterocycles. The minimum absolute atomic E-state index is 0.170. The molecular weight excluding hydrogens is 158 g/mol. The molecule has 64 valence electrons. The van der Waals surface area contributed by atoms with Gasteiger partial charge < -0.3 is 9.74 Å². The number of hydrogen-bond acceptors (Lipinski definition) is 2. The van der Waals surface area contributed by atoms with E-state index >= 15 is 0 Å². The zero-order valence-electron chi connectivity index (χ0n) is 7.09. The van der Waals surface area contributed by atoms with E-state index in [0.717, 1.165) is 13.0 Å². The van der Waals surface area contributed by atoms with Crippen molar-refractivity contribution >= 4 is 14.9 Å². The van der Waals surface area contributed by atoms with Gasteiger partial charge in [0.05, 0.1) is 12.6 Å². The number of amides is 1. The molecule has 1 fully saturated rings. The maximum Gasteiger partial charge on any atom is 0.220 e. The molecule has 1 heterocycles. The Morgan fingerprint density at radius 1 is 1.73 bits per heavy atom. The predicted molar refractivity (Wildman–Crippen MR) is 46.0 cm³/mol. The zero-order valence-corrected chi connectivity index (χ0v) is 8.25. The van der Waals surface area contributed by atoms with Crippen molar-refractivity contribution < 1.29 is 9.22 Å². The Kier molecular flexibility index (Phi) is 3.08. The lowest BCUT2D eigenvalue weighted by molar-refractivity contribution is -0.119. The molecule has 0 aromatic carbocycles. The van der Waals surface area contributed by atoms with Crippen molar-refractivity contribution in [1.82, 2.24) is 5.32 Å². The molecule has 0 aromatic rings. The lowest BCUT2D eigenvalue weighted by Crippen LogP contribution is -2.31. The Morgan fingerprint density at radius 2 is 2.45 bits per heavy atom. The molecule has 11 heavy (non-hydrogen) atoms. The monoisotopic (exact) mass is 173 g/mol. The summed E-state index contributed by atoms with van der Waals surface area (Å²) in [5.74, 6) is 0.170. The van der Waals surface area contributed by atoms with Crippen molar-refractivity contribution in [3.05, 3.63) is 0 Å². The number of carbonyl (C=O) groups excluding carboxylic acids is 1. The Hall–Kier alpha value is -0.353. The first-order valence-electron chi connectivity index (χ1n) is 4.09. The molecule has 0 radical (unpaired) electrons. The number of nitrogens with one attached hydrogen (secondary N) is 1. The second kappa shape index (κ2) is 3.87. The van der Waals surface area contributed by atoms with Crippen LogP contribution in [0.2, 0.25) is 13.1 Å². The molecule has 4 heteroatoms. The van der Waals surface area contributed by atoms with Crippen molar-refractivity contribution in [1.29, 1.82) is 0 Å². The van der Waals surface area contributed by atoms with E-state index in [-0.39, 0.29) is 11.9 Å².